The molecule has 22 heavy (non-hydrogen) atoms. The summed E-state index contributed by atoms with van der Waals surface area (Å²) in [5.74, 6) is -0.0678. The van der Waals surface area contributed by atoms with Crippen LogP contribution in [0.2, 0.25) is 0 Å². The summed E-state index contributed by atoms with van der Waals surface area (Å²) in [4.78, 5) is 12.4. The fourth-order valence-corrected chi connectivity index (χ4v) is 4.58. The Morgan fingerprint density at radius 3 is 2.86 bits per heavy atom. The Morgan fingerprint density at radius 1 is 1.50 bits per heavy atom. The molecule has 2 atom stereocenters. The Labute approximate surface area is 128 Å². The van der Waals surface area contributed by atoms with Gasteiger partial charge in [-0.05, 0) is 20.3 Å². The van der Waals surface area contributed by atoms with Gasteiger partial charge in [0.05, 0.1) is 23.4 Å². The highest BCUT2D eigenvalue weighted by Gasteiger charge is 2.31. The maximum atomic E-state index is 12.4. The van der Waals surface area contributed by atoms with Gasteiger partial charge >= 0.3 is 0 Å². The Morgan fingerprint density at radius 2 is 2.23 bits per heavy atom. The van der Waals surface area contributed by atoms with Crippen molar-refractivity contribution in [3.63, 3.8) is 0 Å². The van der Waals surface area contributed by atoms with Gasteiger partial charge in [0.1, 0.15) is 17.1 Å². The van der Waals surface area contributed by atoms with Gasteiger partial charge in [-0.15, -0.1) is 0 Å². The first kappa shape index (κ1) is 15.0. The smallest absolute Gasteiger partial charge is 0.244 e. The van der Waals surface area contributed by atoms with Crippen LogP contribution in [0.4, 0.5) is 0 Å². The number of aryl methyl sites for hydroxylation is 2. The zero-order valence-corrected chi connectivity index (χ0v) is 13.6. The molecule has 0 saturated carbocycles. The minimum atomic E-state index is -3.01. The molecule has 0 aliphatic carbocycles. The molecule has 0 aromatic carbocycles. The van der Waals surface area contributed by atoms with Gasteiger partial charge in [0.15, 0.2) is 9.84 Å². The van der Waals surface area contributed by atoms with E-state index in [0.29, 0.717) is 6.42 Å². The number of amides is 1. The Bertz CT molecular complexity index is 835. The fraction of sp³-hybridized carbons (Fsp3) is 0.615. The Kier molecular flexibility index (Phi) is 3.47. The van der Waals surface area contributed by atoms with Crippen molar-refractivity contribution in [1.29, 1.82) is 0 Å². The van der Waals surface area contributed by atoms with Gasteiger partial charge in [0.2, 0.25) is 5.91 Å². The van der Waals surface area contributed by atoms with Gasteiger partial charge in [-0.25, -0.2) is 13.1 Å². The van der Waals surface area contributed by atoms with Crippen molar-refractivity contribution >= 4 is 26.8 Å². The molecule has 2 aromatic rings. The molecule has 9 heteroatoms. The summed E-state index contributed by atoms with van der Waals surface area (Å²) >= 11 is 0. The van der Waals surface area contributed by atoms with Crippen molar-refractivity contribution in [1.82, 2.24) is 24.9 Å². The van der Waals surface area contributed by atoms with Gasteiger partial charge in [0, 0.05) is 13.1 Å². The molecule has 0 radical (unpaired) electrons. The third-order valence-electron chi connectivity index (χ3n) is 4.09. The standard InChI is InChI=1S/C13H19N5O3S/c1-8-12-11(17(3)16-8)6-14-18(12)9(2)13(19)15-10-4-5-22(20,21)7-10/h6,9-10H,4-5,7H2,1-3H3,(H,15,19)/t9-,10+/m0/s1. The maximum Gasteiger partial charge on any atom is 0.244 e. The quantitative estimate of drug-likeness (QED) is 0.852. The van der Waals surface area contributed by atoms with Crippen LogP contribution in [0.25, 0.3) is 11.0 Å². The predicted molar refractivity (Wildman–Crippen MR) is 81.1 cm³/mol. The summed E-state index contributed by atoms with van der Waals surface area (Å²) in [7, 11) is -1.18. The van der Waals surface area contributed by atoms with Crippen LogP contribution in [0.3, 0.4) is 0 Å². The van der Waals surface area contributed by atoms with Crippen molar-refractivity contribution in [2.24, 2.45) is 7.05 Å². The van der Waals surface area contributed by atoms with E-state index in [9.17, 15) is 13.2 Å². The number of sulfone groups is 1. The summed E-state index contributed by atoms with van der Waals surface area (Å²) in [6, 6.07) is -0.829. The lowest BCUT2D eigenvalue weighted by Crippen LogP contribution is -2.39. The van der Waals surface area contributed by atoms with E-state index in [4.69, 9.17) is 0 Å². The summed E-state index contributed by atoms with van der Waals surface area (Å²) in [6.45, 7) is 3.62. The second kappa shape index (κ2) is 5.08. The van der Waals surface area contributed by atoms with Gasteiger partial charge in [-0.2, -0.15) is 10.2 Å². The van der Waals surface area contributed by atoms with E-state index in [-0.39, 0.29) is 23.5 Å². The van der Waals surface area contributed by atoms with E-state index in [0.717, 1.165) is 16.7 Å². The number of aromatic nitrogens is 4. The molecule has 1 amide bonds. The number of hydrogen-bond acceptors (Lipinski definition) is 5. The van der Waals surface area contributed by atoms with E-state index in [2.05, 4.69) is 15.5 Å². The zero-order valence-electron chi connectivity index (χ0n) is 12.8. The van der Waals surface area contributed by atoms with Crippen LogP contribution in [0.5, 0.6) is 0 Å². The van der Waals surface area contributed by atoms with Crippen molar-refractivity contribution < 1.29 is 13.2 Å². The Hall–Kier alpha value is -1.90. The van der Waals surface area contributed by atoms with Crippen molar-refractivity contribution in [3.8, 4) is 0 Å². The summed E-state index contributed by atoms with van der Waals surface area (Å²) in [6.07, 6.45) is 2.15. The van der Waals surface area contributed by atoms with E-state index in [1.54, 1.807) is 22.5 Å². The Balaban J connectivity index is 1.80. The van der Waals surface area contributed by atoms with Gasteiger partial charge < -0.3 is 5.32 Å². The van der Waals surface area contributed by atoms with Gasteiger partial charge in [0.25, 0.3) is 0 Å². The second-order valence-corrected chi connectivity index (χ2v) is 8.05. The molecule has 3 rings (SSSR count). The largest absolute Gasteiger partial charge is 0.350 e. The van der Waals surface area contributed by atoms with Crippen LogP contribution in [0.1, 0.15) is 25.1 Å². The molecule has 0 unspecified atom stereocenters. The number of carbonyl (C=O) groups is 1. The molecular formula is C13H19N5O3S. The molecule has 0 spiro atoms. The third kappa shape index (κ3) is 2.49. The van der Waals surface area contributed by atoms with E-state index < -0.39 is 15.9 Å². The zero-order chi connectivity index (χ0) is 16.1. The lowest BCUT2D eigenvalue weighted by Gasteiger charge is -2.16. The van der Waals surface area contributed by atoms with Crippen LogP contribution in [0.15, 0.2) is 6.20 Å². The van der Waals surface area contributed by atoms with Crippen LogP contribution in [0, 0.1) is 6.92 Å². The van der Waals surface area contributed by atoms with E-state index in [1.165, 1.54) is 0 Å². The number of hydrogen-bond donors (Lipinski definition) is 1. The highest BCUT2D eigenvalue weighted by Crippen LogP contribution is 2.21. The molecule has 120 valence electrons. The molecule has 8 nitrogen and oxygen atoms in total. The SMILES string of the molecule is Cc1nn(C)c2cnn([C@@H](C)C(=O)N[C@@H]3CCS(=O)(=O)C3)c12. The van der Waals surface area contributed by atoms with E-state index in [1.807, 2.05) is 14.0 Å². The van der Waals surface area contributed by atoms with Crippen LogP contribution in [-0.2, 0) is 21.7 Å². The monoisotopic (exact) mass is 325 g/mol. The average molecular weight is 325 g/mol. The van der Waals surface area contributed by atoms with E-state index >= 15 is 0 Å². The van der Waals surface area contributed by atoms with Crippen LogP contribution in [-0.4, -0.2) is 51.4 Å². The molecule has 0 bridgehead atoms. The normalized spacial score (nSPS) is 22.0. The summed E-state index contributed by atoms with van der Waals surface area (Å²) < 4.78 is 26.3. The number of nitrogens with one attached hydrogen (secondary N) is 1. The minimum absolute atomic E-state index is 0.0197. The lowest BCUT2D eigenvalue weighted by molar-refractivity contribution is -0.124. The van der Waals surface area contributed by atoms with Gasteiger partial charge in [-0.1, -0.05) is 0 Å². The molecule has 1 saturated heterocycles. The molecule has 1 aliphatic heterocycles. The second-order valence-electron chi connectivity index (χ2n) is 5.82. The number of nitrogens with zero attached hydrogens (tertiary/aromatic N) is 4. The molecule has 1 fully saturated rings. The van der Waals surface area contributed by atoms with Crippen LogP contribution >= 0.6 is 0 Å². The van der Waals surface area contributed by atoms with Crippen molar-refractivity contribution in [2.75, 3.05) is 11.5 Å². The maximum absolute atomic E-state index is 12.4. The molecule has 1 N–H and O–H groups in total. The van der Waals surface area contributed by atoms with Gasteiger partial charge in [-0.3, -0.25) is 9.48 Å². The fourth-order valence-electron chi connectivity index (χ4n) is 2.90. The average Bonchev–Trinajstić information content (AvgIpc) is 3.07. The molecule has 2 aromatic heterocycles. The number of carbonyl (C=O) groups excluding carboxylic acids is 1. The third-order valence-corrected chi connectivity index (χ3v) is 5.86. The summed E-state index contributed by atoms with van der Waals surface area (Å²) in [5, 5.41) is 11.4. The topological polar surface area (TPSA) is 98.9 Å². The summed E-state index contributed by atoms with van der Waals surface area (Å²) in [5.41, 5.74) is 2.49. The molecule has 3 heterocycles. The van der Waals surface area contributed by atoms with Crippen LogP contribution < -0.4 is 5.32 Å². The first-order valence-corrected chi connectivity index (χ1v) is 8.98. The number of fused-ring (bicyclic) bond motifs is 1. The highest BCUT2D eigenvalue weighted by molar-refractivity contribution is 7.91. The number of rotatable bonds is 3. The predicted octanol–water partition coefficient (Wildman–Crippen LogP) is -0.0575. The molecule has 1 aliphatic rings. The first-order chi connectivity index (χ1) is 10.3. The highest BCUT2D eigenvalue weighted by atomic mass is 32.2. The first-order valence-electron chi connectivity index (χ1n) is 7.16. The lowest BCUT2D eigenvalue weighted by atomic mass is 10.2. The van der Waals surface area contributed by atoms with Crippen molar-refractivity contribution in [3.05, 3.63) is 11.9 Å². The molecular weight excluding hydrogens is 306 g/mol. The minimum Gasteiger partial charge on any atom is -0.350 e. The van der Waals surface area contributed by atoms with Crippen molar-refractivity contribution in [2.45, 2.75) is 32.4 Å².